The van der Waals surface area contributed by atoms with Gasteiger partial charge in [-0.3, -0.25) is 9.69 Å². The Morgan fingerprint density at radius 1 is 1.09 bits per heavy atom. The molecule has 2 aromatic rings. The molecule has 3 aliphatic rings. The van der Waals surface area contributed by atoms with Crippen LogP contribution in [0, 0.1) is 29.1 Å². The number of likely N-dealkylation sites (tertiary alicyclic amines) is 1. The fraction of sp³-hybridized carbons (Fsp3) is 0.629. The molecule has 238 valence electrons. The Morgan fingerprint density at radius 3 is 2.45 bits per heavy atom. The number of carboxylic acids is 1. The van der Waals surface area contributed by atoms with Crippen LogP contribution in [0.2, 0.25) is 0 Å². The number of hydrogen-bond acceptors (Lipinski definition) is 7. The normalized spacial score (nSPS) is 26.1. The summed E-state index contributed by atoms with van der Waals surface area (Å²) in [5, 5.41) is 20.1. The number of carbonyl (C=O) groups is 2. The molecule has 0 spiro atoms. The fourth-order valence-corrected chi connectivity index (χ4v) is 7.48. The van der Waals surface area contributed by atoms with E-state index in [0.717, 1.165) is 87.8 Å². The van der Waals surface area contributed by atoms with Gasteiger partial charge in [0.05, 0.1) is 16.7 Å². The summed E-state index contributed by atoms with van der Waals surface area (Å²) in [6, 6.07) is 5.71. The van der Waals surface area contributed by atoms with Crippen molar-refractivity contribution >= 4 is 28.9 Å². The molecule has 3 heterocycles. The van der Waals surface area contributed by atoms with E-state index in [1.54, 1.807) is 6.20 Å². The third-order valence-electron chi connectivity index (χ3n) is 9.08. The zero-order valence-electron chi connectivity index (χ0n) is 26.6. The molecular weight excluding hydrogens is 574 g/mol. The maximum atomic E-state index is 14.2. The van der Waals surface area contributed by atoms with Gasteiger partial charge in [-0.25, -0.2) is 9.78 Å². The highest BCUT2D eigenvalue weighted by Gasteiger charge is 2.38. The molecule has 8 nitrogen and oxygen atoms in total. The SMILES string of the molecule is CC(C)(C)C#Cc1cc(N(C(=O)[C@H]2CC[C@H](C)CC2)[C@H]2CC[C@H](Oc3cc(CN4CCC(O)C4)ccn3)CC2)c(C(=O)O)s1. The molecule has 0 aromatic carbocycles. The van der Waals surface area contributed by atoms with E-state index < -0.39 is 5.97 Å². The number of ether oxygens (including phenoxy) is 1. The summed E-state index contributed by atoms with van der Waals surface area (Å²) in [5.74, 6) is 6.55. The van der Waals surface area contributed by atoms with Gasteiger partial charge in [0.2, 0.25) is 11.8 Å². The van der Waals surface area contributed by atoms with Crippen LogP contribution in [0.25, 0.3) is 0 Å². The first-order chi connectivity index (χ1) is 20.9. The molecule has 1 amide bonds. The van der Waals surface area contributed by atoms with E-state index in [-0.39, 0.29) is 40.4 Å². The van der Waals surface area contributed by atoms with Crippen LogP contribution in [0.1, 0.15) is 106 Å². The smallest absolute Gasteiger partial charge is 0.348 e. The second kappa shape index (κ2) is 14.0. The Balaban J connectivity index is 1.32. The number of carbonyl (C=O) groups excluding carboxylic acids is 1. The van der Waals surface area contributed by atoms with Gasteiger partial charge in [0, 0.05) is 49.3 Å². The van der Waals surface area contributed by atoms with Crippen LogP contribution in [0.15, 0.2) is 24.4 Å². The van der Waals surface area contributed by atoms with Gasteiger partial charge in [-0.15, -0.1) is 11.3 Å². The lowest BCUT2D eigenvalue weighted by atomic mass is 9.81. The average Bonchev–Trinajstić information content (AvgIpc) is 3.59. The number of aromatic nitrogens is 1. The Morgan fingerprint density at radius 2 is 1.82 bits per heavy atom. The predicted molar refractivity (Wildman–Crippen MR) is 173 cm³/mol. The molecule has 9 heteroatoms. The lowest BCUT2D eigenvalue weighted by molar-refractivity contribution is -0.124. The molecule has 2 aromatic heterocycles. The van der Waals surface area contributed by atoms with Crippen LogP contribution in [-0.2, 0) is 11.3 Å². The summed E-state index contributed by atoms with van der Waals surface area (Å²) in [6.45, 7) is 10.6. The van der Waals surface area contributed by atoms with Crippen molar-refractivity contribution < 1.29 is 24.5 Å². The van der Waals surface area contributed by atoms with Crippen molar-refractivity contribution in [1.29, 1.82) is 0 Å². The molecule has 2 N–H and O–H groups in total. The van der Waals surface area contributed by atoms with Gasteiger partial charge < -0.3 is 19.8 Å². The molecule has 1 unspecified atom stereocenters. The van der Waals surface area contributed by atoms with Crippen LogP contribution < -0.4 is 9.64 Å². The van der Waals surface area contributed by atoms with Crippen LogP contribution >= 0.6 is 11.3 Å². The van der Waals surface area contributed by atoms with E-state index >= 15 is 0 Å². The molecule has 2 aliphatic carbocycles. The number of amides is 1. The summed E-state index contributed by atoms with van der Waals surface area (Å²) in [6.07, 6.45) is 9.00. The monoisotopic (exact) mass is 621 g/mol. The molecular formula is C35H47N3O5S. The van der Waals surface area contributed by atoms with Gasteiger partial charge in [0.15, 0.2) is 0 Å². The number of anilines is 1. The minimum Gasteiger partial charge on any atom is -0.477 e. The first kappa shape index (κ1) is 32.5. The fourth-order valence-electron chi connectivity index (χ4n) is 6.64. The maximum absolute atomic E-state index is 14.2. The van der Waals surface area contributed by atoms with E-state index in [1.807, 2.05) is 43.9 Å². The molecule has 5 rings (SSSR count). The van der Waals surface area contributed by atoms with Gasteiger partial charge in [-0.1, -0.05) is 18.8 Å². The molecule has 0 radical (unpaired) electrons. The molecule has 2 saturated carbocycles. The zero-order valence-corrected chi connectivity index (χ0v) is 27.4. The summed E-state index contributed by atoms with van der Waals surface area (Å²) in [4.78, 5) is 36.1. The quantitative estimate of drug-likeness (QED) is 0.331. The van der Waals surface area contributed by atoms with Crippen molar-refractivity contribution in [3.8, 4) is 17.7 Å². The van der Waals surface area contributed by atoms with Crippen LogP contribution in [0.5, 0.6) is 5.88 Å². The van der Waals surface area contributed by atoms with Gasteiger partial charge in [0.1, 0.15) is 11.0 Å². The van der Waals surface area contributed by atoms with E-state index in [1.165, 1.54) is 0 Å². The second-order valence-corrected chi connectivity index (χ2v) is 15.1. The maximum Gasteiger partial charge on any atom is 0.348 e. The summed E-state index contributed by atoms with van der Waals surface area (Å²) >= 11 is 1.16. The van der Waals surface area contributed by atoms with Crippen molar-refractivity contribution in [1.82, 2.24) is 9.88 Å². The van der Waals surface area contributed by atoms with Gasteiger partial charge in [-0.2, -0.15) is 0 Å². The average molecular weight is 622 g/mol. The standard InChI is InChI=1S/C35H47N3O5S/c1-23-5-7-25(8-6-23)33(40)38(30-20-29(13-16-35(2,3)4)44-32(30)34(41)42)26-9-11-28(12-10-26)43-31-19-24(14-17-36-31)21-37-18-15-27(39)22-37/h14,17,19-20,23,25-28,39H,5-12,15,18,21-22H2,1-4H3,(H,41,42)/t23-,25-,26-,27?,28-. The van der Waals surface area contributed by atoms with Crippen LogP contribution in [-0.4, -0.2) is 63.3 Å². The van der Waals surface area contributed by atoms with E-state index in [4.69, 9.17) is 4.74 Å². The first-order valence-corrected chi connectivity index (χ1v) is 17.0. The molecule has 1 atom stereocenters. The molecule has 44 heavy (non-hydrogen) atoms. The third kappa shape index (κ3) is 8.41. The minimum atomic E-state index is -1.02. The van der Waals surface area contributed by atoms with Gasteiger partial charge >= 0.3 is 5.97 Å². The number of nitrogens with zero attached hydrogens (tertiary/aromatic N) is 3. The summed E-state index contributed by atoms with van der Waals surface area (Å²) < 4.78 is 6.34. The van der Waals surface area contributed by atoms with Gasteiger partial charge in [0.25, 0.3) is 0 Å². The van der Waals surface area contributed by atoms with Crippen molar-refractivity contribution in [2.75, 3.05) is 18.0 Å². The van der Waals surface area contributed by atoms with Crippen molar-refractivity contribution in [3.05, 3.63) is 39.7 Å². The summed E-state index contributed by atoms with van der Waals surface area (Å²) in [5.41, 5.74) is 1.39. The number of β-amino-alcohol motifs (C(OH)–C–C–N with tert-alkyl or cyclic N) is 1. The second-order valence-electron chi connectivity index (χ2n) is 14.0. The van der Waals surface area contributed by atoms with Gasteiger partial charge in [-0.05, 0) is 102 Å². The number of rotatable bonds is 8. The molecule has 1 aliphatic heterocycles. The Hall–Kier alpha value is -2.93. The van der Waals surface area contributed by atoms with Crippen LogP contribution in [0.4, 0.5) is 5.69 Å². The van der Waals surface area contributed by atoms with Crippen LogP contribution in [0.3, 0.4) is 0 Å². The van der Waals surface area contributed by atoms with E-state index in [9.17, 15) is 19.8 Å². The number of hydrogen-bond donors (Lipinski definition) is 2. The zero-order chi connectivity index (χ0) is 31.4. The molecule has 1 saturated heterocycles. The van der Waals surface area contributed by atoms with Crippen molar-refractivity contribution in [2.24, 2.45) is 17.3 Å². The Labute approximate surface area is 265 Å². The number of aromatic carboxylic acids is 1. The lowest BCUT2D eigenvalue weighted by Gasteiger charge is -2.39. The minimum absolute atomic E-state index is 0.0234. The Bertz CT molecular complexity index is 1370. The van der Waals surface area contributed by atoms with E-state index in [0.29, 0.717) is 28.9 Å². The number of carboxylic acid groups (broad SMARTS) is 1. The predicted octanol–water partition coefficient (Wildman–Crippen LogP) is 6.36. The molecule has 0 bridgehead atoms. The van der Waals surface area contributed by atoms with Crippen molar-refractivity contribution in [2.45, 2.75) is 110 Å². The third-order valence-corrected chi connectivity index (χ3v) is 10.1. The highest BCUT2D eigenvalue weighted by Crippen LogP contribution is 2.39. The Kier molecular flexibility index (Phi) is 10.3. The number of pyridine rings is 1. The number of thiophene rings is 1. The number of aliphatic hydroxyl groups excluding tert-OH is 1. The highest BCUT2D eigenvalue weighted by atomic mass is 32.1. The topological polar surface area (TPSA) is 103 Å². The van der Waals surface area contributed by atoms with E-state index in [2.05, 4.69) is 28.6 Å². The lowest BCUT2D eigenvalue weighted by Crippen LogP contribution is -2.47. The van der Waals surface area contributed by atoms with Crippen molar-refractivity contribution in [3.63, 3.8) is 0 Å². The highest BCUT2D eigenvalue weighted by molar-refractivity contribution is 7.15. The first-order valence-electron chi connectivity index (χ1n) is 16.2. The largest absolute Gasteiger partial charge is 0.477 e. The summed E-state index contributed by atoms with van der Waals surface area (Å²) in [7, 11) is 0. The molecule has 3 fully saturated rings. The number of aliphatic hydroxyl groups is 1.